The first kappa shape index (κ1) is 20.3. The van der Waals surface area contributed by atoms with Crippen LogP contribution in [0.1, 0.15) is 50.5 Å². The van der Waals surface area contributed by atoms with E-state index in [-0.39, 0.29) is 17.8 Å². The smallest absolute Gasteiger partial charge is 0.266 e. The summed E-state index contributed by atoms with van der Waals surface area (Å²) in [6, 6.07) is 14.6. The highest BCUT2D eigenvalue weighted by Gasteiger charge is 2.36. The van der Waals surface area contributed by atoms with Crippen molar-refractivity contribution in [2.75, 3.05) is 0 Å². The van der Waals surface area contributed by atoms with Crippen LogP contribution in [0.25, 0.3) is 17.2 Å². The van der Waals surface area contributed by atoms with Gasteiger partial charge in [0.15, 0.2) is 0 Å². The zero-order chi connectivity index (χ0) is 20.2. The lowest BCUT2D eigenvalue weighted by atomic mass is 9.96. The third-order valence-electron chi connectivity index (χ3n) is 5.61. The second kappa shape index (κ2) is 9.23. The number of rotatable bonds is 3. The number of hydrogen-bond acceptors (Lipinski definition) is 3. The highest BCUT2D eigenvalue weighted by molar-refractivity contribution is 8.26. The van der Waals surface area contributed by atoms with E-state index in [1.165, 1.54) is 43.2 Å². The topological polar surface area (TPSA) is 20.3 Å². The van der Waals surface area contributed by atoms with E-state index in [9.17, 15) is 9.18 Å². The predicted octanol–water partition coefficient (Wildman–Crippen LogP) is 6.81. The van der Waals surface area contributed by atoms with Crippen LogP contribution in [-0.2, 0) is 4.79 Å². The van der Waals surface area contributed by atoms with E-state index in [1.54, 1.807) is 6.07 Å². The van der Waals surface area contributed by atoms with E-state index in [4.69, 9.17) is 12.2 Å². The van der Waals surface area contributed by atoms with Gasteiger partial charge in [-0.05, 0) is 53.8 Å². The van der Waals surface area contributed by atoms with Crippen molar-refractivity contribution in [1.82, 2.24) is 4.90 Å². The van der Waals surface area contributed by atoms with E-state index < -0.39 is 0 Å². The molecule has 0 aromatic heterocycles. The molecule has 2 aliphatic rings. The summed E-state index contributed by atoms with van der Waals surface area (Å²) in [5.74, 6) is -0.227. The molecule has 0 spiro atoms. The number of carbonyl (C=O) groups is 1. The first-order valence-corrected chi connectivity index (χ1v) is 11.5. The summed E-state index contributed by atoms with van der Waals surface area (Å²) in [5, 5.41) is 0. The minimum Gasteiger partial charge on any atom is -0.290 e. The zero-order valence-corrected chi connectivity index (χ0v) is 17.9. The summed E-state index contributed by atoms with van der Waals surface area (Å²) in [6.07, 6.45) is 10.1. The molecule has 2 aromatic carbocycles. The molecule has 1 amide bonds. The largest absolute Gasteiger partial charge is 0.290 e. The van der Waals surface area contributed by atoms with Crippen molar-refractivity contribution in [3.05, 3.63) is 64.8 Å². The van der Waals surface area contributed by atoms with Gasteiger partial charge in [0.05, 0.1) is 4.91 Å². The maximum absolute atomic E-state index is 13.6. The van der Waals surface area contributed by atoms with Crippen molar-refractivity contribution in [1.29, 1.82) is 0 Å². The Hall–Kier alpha value is -1.98. The van der Waals surface area contributed by atoms with Gasteiger partial charge in [-0.2, -0.15) is 0 Å². The van der Waals surface area contributed by atoms with Gasteiger partial charge in [0.1, 0.15) is 10.1 Å². The molecule has 2 fully saturated rings. The SMILES string of the molecule is O=C1C(=Cc2cccc(-c3cccc(F)c3)c2)SC(=S)N1C1CCCCCCC1. The van der Waals surface area contributed by atoms with Crippen LogP contribution in [0.5, 0.6) is 0 Å². The molecule has 0 N–H and O–H groups in total. The van der Waals surface area contributed by atoms with Gasteiger partial charge in [-0.1, -0.05) is 86.4 Å². The van der Waals surface area contributed by atoms with Crippen molar-refractivity contribution in [2.24, 2.45) is 0 Å². The molecule has 1 saturated carbocycles. The van der Waals surface area contributed by atoms with E-state index in [0.29, 0.717) is 9.23 Å². The Morgan fingerprint density at radius 3 is 2.34 bits per heavy atom. The molecule has 1 heterocycles. The number of carbonyl (C=O) groups excluding carboxylic acids is 1. The molecule has 4 rings (SSSR count). The first-order valence-electron chi connectivity index (χ1n) is 10.2. The molecular weight excluding hydrogens is 401 g/mol. The number of thiocarbonyl (C=S) groups is 1. The van der Waals surface area contributed by atoms with E-state index in [0.717, 1.165) is 42.4 Å². The molecule has 1 aliphatic heterocycles. The Labute approximate surface area is 181 Å². The Balaban J connectivity index is 1.56. The van der Waals surface area contributed by atoms with Crippen molar-refractivity contribution in [3.63, 3.8) is 0 Å². The summed E-state index contributed by atoms with van der Waals surface area (Å²) < 4.78 is 14.2. The van der Waals surface area contributed by atoms with Crippen LogP contribution in [0.2, 0.25) is 0 Å². The lowest BCUT2D eigenvalue weighted by Crippen LogP contribution is -2.39. The van der Waals surface area contributed by atoms with Crippen LogP contribution in [0.15, 0.2) is 53.4 Å². The maximum Gasteiger partial charge on any atom is 0.266 e. The summed E-state index contributed by atoms with van der Waals surface area (Å²) >= 11 is 6.97. The predicted molar refractivity (Wildman–Crippen MR) is 123 cm³/mol. The van der Waals surface area contributed by atoms with Gasteiger partial charge < -0.3 is 0 Å². The lowest BCUT2D eigenvalue weighted by molar-refractivity contribution is -0.123. The Morgan fingerprint density at radius 2 is 1.62 bits per heavy atom. The van der Waals surface area contributed by atoms with Crippen LogP contribution < -0.4 is 0 Å². The average molecular weight is 426 g/mol. The van der Waals surface area contributed by atoms with Gasteiger partial charge in [-0.15, -0.1) is 0 Å². The number of halogens is 1. The van der Waals surface area contributed by atoms with Crippen molar-refractivity contribution in [2.45, 2.75) is 51.0 Å². The highest BCUT2D eigenvalue weighted by Crippen LogP contribution is 2.37. The maximum atomic E-state index is 13.6. The van der Waals surface area contributed by atoms with E-state index in [1.807, 2.05) is 41.3 Å². The summed E-state index contributed by atoms with van der Waals surface area (Å²) in [5.41, 5.74) is 2.67. The fourth-order valence-electron chi connectivity index (χ4n) is 4.11. The molecule has 0 unspecified atom stereocenters. The van der Waals surface area contributed by atoms with Gasteiger partial charge in [0.25, 0.3) is 5.91 Å². The molecule has 0 bridgehead atoms. The van der Waals surface area contributed by atoms with Crippen molar-refractivity contribution >= 4 is 40.3 Å². The van der Waals surface area contributed by atoms with Crippen molar-refractivity contribution < 1.29 is 9.18 Å². The molecule has 150 valence electrons. The molecule has 2 aromatic rings. The molecule has 29 heavy (non-hydrogen) atoms. The monoisotopic (exact) mass is 425 g/mol. The van der Waals surface area contributed by atoms with E-state index >= 15 is 0 Å². The summed E-state index contributed by atoms with van der Waals surface area (Å²) in [7, 11) is 0. The number of thioether (sulfide) groups is 1. The Morgan fingerprint density at radius 1 is 0.966 bits per heavy atom. The van der Waals surface area contributed by atoms with Gasteiger partial charge in [-0.3, -0.25) is 9.69 Å². The lowest BCUT2D eigenvalue weighted by Gasteiger charge is -2.28. The summed E-state index contributed by atoms with van der Waals surface area (Å²) in [4.78, 5) is 15.6. The third-order valence-corrected chi connectivity index (χ3v) is 6.94. The quantitative estimate of drug-likeness (QED) is 0.398. The molecule has 1 saturated heterocycles. The van der Waals surface area contributed by atoms with Crippen LogP contribution in [-0.4, -0.2) is 21.2 Å². The number of benzene rings is 2. The minimum absolute atomic E-state index is 0.0294. The fraction of sp³-hybridized carbons (Fsp3) is 0.333. The molecule has 1 aliphatic carbocycles. The van der Waals surface area contributed by atoms with Crippen LogP contribution in [0.4, 0.5) is 4.39 Å². The van der Waals surface area contributed by atoms with Gasteiger partial charge in [-0.25, -0.2) is 4.39 Å². The number of amides is 1. The first-order chi connectivity index (χ1) is 14.1. The number of hydrogen-bond donors (Lipinski definition) is 0. The Bertz CT molecular complexity index is 947. The second-order valence-electron chi connectivity index (χ2n) is 7.69. The standard InChI is InChI=1S/C24H24FNOS2/c25-20-11-7-10-19(16-20)18-9-6-8-17(14-18)15-22-23(27)26(24(28)29-22)21-12-4-2-1-3-5-13-21/h6-11,14-16,21H,1-5,12-13H2. The van der Waals surface area contributed by atoms with Gasteiger partial charge >= 0.3 is 0 Å². The molecule has 0 radical (unpaired) electrons. The number of nitrogens with zero attached hydrogens (tertiary/aromatic N) is 1. The van der Waals surface area contributed by atoms with Gasteiger partial charge in [0, 0.05) is 6.04 Å². The molecular formula is C24H24FNOS2. The normalized spacial score (nSPS) is 20.2. The molecule has 0 atom stereocenters. The second-order valence-corrected chi connectivity index (χ2v) is 9.36. The van der Waals surface area contributed by atoms with E-state index in [2.05, 4.69) is 0 Å². The average Bonchev–Trinajstić information content (AvgIpc) is 2.96. The van der Waals surface area contributed by atoms with Crippen LogP contribution in [0.3, 0.4) is 0 Å². The summed E-state index contributed by atoms with van der Waals surface area (Å²) in [6.45, 7) is 0. The zero-order valence-electron chi connectivity index (χ0n) is 16.3. The van der Waals surface area contributed by atoms with Gasteiger partial charge in [0.2, 0.25) is 0 Å². The molecule has 2 nitrogen and oxygen atoms in total. The Kier molecular flexibility index (Phi) is 6.46. The van der Waals surface area contributed by atoms with Crippen LogP contribution in [0, 0.1) is 5.82 Å². The third kappa shape index (κ3) is 4.78. The molecule has 5 heteroatoms. The fourth-order valence-corrected chi connectivity index (χ4v) is 5.52. The minimum atomic E-state index is -0.257. The van der Waals surface area contributed by atoms with Crippen molar-refractivity contribution in [3.8, 4) is 11.1 Å². The van der Waals surface area contributed by atoms with Crippen LogP contribution >= 0.6 is 24.0 Å². The highest BCUT2D eigenvalue weighted by atomic mass is 32.2.